The summed E-state index contributed by atoms with van der Waals surface area (Å²) in [5, 5.41) is -0.560. The Labute approximate surface area is 70.6 Å². The highest BCUT2D eigenvalue weighted by atomic mass is 35.5. The Morgan fingerprint density at radius 2 is 2.55 bits per heavy atom. The highest BCUT2D eigenvalue weighted by molar-refractivity contribution is 6.29. The fourth-order valence-corrected chi connectivity index (χ4v) is 0.915. The minimum absolute atomic E-state index is 0.0799. The lowest BCUT2D eigenvalue weighted by atomic mass is 10.3. The molecule has 0 bridgehead atoms. The van der Waals surface area contributed by atoms with Crippen LogP contribution in [0.3, 0.4) is 0 Å². The molecule has 4 heteroatoms. The van der Waals surface area contributed by atoms with Gasteiger partial charge in [-0.05, 0) is 6.92 Å². The summed E-state index contributed by atoms with van der Waals surface area (Å²) in [5.41, 5.74) is 0. The first-order valence-electron chi connectivity index (χ1n) is 3.62. The third-order valence-corrected chi connectivity index (χ3v) is 1.67. The molecule has 1 fully saturated rings. The van der Waals surface area contributed by atoms with Crippen LogP contribution in [0.5, 0.6) is 0 Å². The Balaban J connectivity index is 2.24. The van der Waals surface area contributed by atoms with E-state index in [1.54, 1.807) is 6.92 Å². The van der Waals surface area contributed by atoms with E-state index in [4.69, 9.17) is 21.1 Å². The van der Waals surface area contributed by atoms with Crippen molar-refractivity contribution < 1.29 is 14.3 Å². The number of rotatable bonds is 2. The number of esters is 1. The topological polar surface area (TPSA) is 35.5 Å². The van der Waals surface area contributed by atoms with Gasteiger partial charge in [0, 0.05) is 6.42 Å². The fraction of sp³-hybridized carbons (Fsp3) is 0.857. The van der Waals surface area contributed by atoms with Gasteiger partial charge in [0.05, 0.1) is 13.2 Å². The van der Waals surface area contributed by atoms with Crippen LogP contribution in [0.4, 0.5) is 0 Å². The van der Waals surface area contributed by atoms with Crippen LogP contribution < -0.4 is 0 Å². The van der Waals surface area contributed by atoms with Gasteiger partial charge in [-0.2, -0.15) is 0 Å². The molecule has 0 aromatic heterocycles. The molecule has 0 N–H and O–H groups in total. The number of carbonyl (C=O) groups excluding carboxylic acids is 1. The maximum absolute atomic E-state index is 10.9. The highest BCUT2D eigenvalue weighted by Gasteiger charge is 2.21. The van der Waals surface area contributed by atoms with Gasteiger partial charge in [-0.15, -0.1) is 11.6 Å². The molecule has 0 aromatic carbocycles. The second-order valence-electron chi connectivity index (χ2n) is 2.54. The van der Waals surface area contributed by atoms with Gasteiger partial charge in [0.25, 0.3) is 0 Å². The quantitative estimate of drug-likeness (QED) is 0.467. The molecule has 1 heterocycles. The third kappa shape index (κ3) is 2.67. The van der Waals surface area contributed by atoms with Crippen molar-refractivity contribution in [3.8, 4) is 0 Å². The lowest BCUT2D eigenvalue weighted by molar-refractivity contribution is -0.148. The lowest BCUT2D eigenvalue weighted by Crippen LogP contribution is -2.23. The van der Waals surface area contributed by atoms with Gasteiger partial charge in [0.1, 0.15) is 11.5 Å². The summed E-state index contributed by atoms with van der Waals surface area (Å²) in [4.78, 5) is 10.9. The van der Waals surface area contributed by atoms with E-state index in [0.29, 0.717) is 13.2 Å². The summed E-state index contributed by atoms with van der Waals surface area (Å²) in [6, 6.07) is 0. The van der Waals surface area contributed by atoms with Crippen LogP contribution in [0, 0.1) is 0 Å². The Morgan fingerprint density at radius 3 is 3.00 bits per heavy atom. The molecule has 0 aliphatic carbocycles. The van der Waals surface area contributed by atoms with Gasteiger partial charge >= 0.3 is 5.97 Å². The summed E-state index contributed by atoms with van der Waals surface area (Å²) in [6.45, 7) is 2.78. The molecule has 3 nitrogen and oxygen atoms in total. The Kier molecular flexibility index (Phi) is 3.15. The molecule has 1 rings (SSSR count). The van der Waals surface area contributed by atoms with Crippen molar-refractivity contribution in [2.45, 2.75) is 24.8 Å². The fourth-order valence-electron chi connectivity index (χ4n) is 0.864. The van der Waals surface area contributed by atoms with E-state index in [1.807, 2.05) is 0 Å². The van der Waals surface area contributed by atoms with Crippen molar-refractivity contribution >= 4 is 17.6 Å². The smallest absolute Gasteiger partial charge is 0.324 e. The molecule has 11 heavy (non-hydrogen) atoms. The van der Waals surface area contributed by atoms with Gasteiger partial charge in [0.2, 0.25) is 0 Å². The highest BCUT2D eigenvalue weighted by Crippen LogP contribution is 2.10. The molecule has 1 aliphatic heterocycles. The zero-order chi connectivity index (χ0) is 8.27. The molecule has 0 spiro atoms. The van der Waals surface area contributed by atoms with E-state index in [2.05, 4.69) is 0 Å². The van der Waals surface area contributed by atoms with Crippen LogP contribution in [0.15, 0.2) is 0 Å². The Bertz CT molecular complexity index is 141. The number of alkyl halides is 1. The van der Waals surface area contributed by atoms with E-state index in [-0.39, 0.29) is 12.1 Å². The van der Waals surface area contributed by atoms with Crippen molar-refractivity contribution in [1.82, 2.24) is 0 Å². The van der Waals surface area contributed by atoms with E-state index >= 15 is 0 Å². The van der Waals surface area contributed by atoms with Crippen LogP contribution in [-0.4, -0.2) is 30.7 Å². The van der Waals surface area contributed by atoms with E-state index in [1.165, 1.54) is 0 Å². The van der Waals surface area contributed by atoms with Crippen molar-refractivity contribution in [3.63, 3.8) is 0 Å². The first kappa shape index (κ1) is 8.81. The summed E-state index contributed by atoms with van der Waals surface area (Å²) in [5.74, 6) is -0.359. The molecule has 1 aliphatic rings. The molecular weight excluding hydrogens is 168 g/mol. The third-order valence-electron chi connectivity index (χ3n) is 1.50. The zero-order valence-corrected chi connectivity index (χ0v) is 7.13. The monoisotopic (exact) mass is 178 g/mol. The predicted molar refractivity (Wildman–Crippen MR) is 40.6 cm³/mol. The first-order chi connectivity index (χ1) is 5.20. The van der Waals surface area contributed by atoms with Crippen molar-refractivity contribution in [1.29, 1.82) is 0 Å². The Morgan fingerprint density at radius 1 is 1.82 bits per heavy atom. The molecule has 0 saturated carbocycles. The number of hydrogen-bond acceptors (Lipinski definition) is 3. The van der Waals surface area contributed by atoms with Gasteiger partial charge < -0.3 is 9.47 Å². The number of halogens is 1. The van der Waals surface area contributed by atoms with Crippen LogP contribution in [0.1, 0.15) is 13.3 Å². The van der Waals surface area contributed by atoms with Gasteiger partial charge in [-0.1, -0.05) is 0 Å². The molecular formula is C7H11ClO3. The molecule has 0 unspecified atom stereocenters. The molecule has 0 aromatic rings. The van der Waals surface area contributed by atoms with Gasteiger partial charge in [-0.3, -0.25) is 4.79 Å². The summed E-state index contributed by atoms with van der Waals surface area (Å²) in [7, 11) is 0. The second kappa shape index (κ2) is 3.93. The maximum atomic E-state index is 10.9. The predicted octanol–water partition coefficient (Wildman–Crippen LogP) is 0.946. The molecule has 0 radical (unpaired) electrons. The standard InChI is InChI=1S/C7H11ClO3/c1-5(8)7(9)11-6-2-3-10-4-6/h5-6H,2-4H2,1H3/t5-,6-/m0/s1. The minimum atomic E-state index is -0.560. The largest absolute Gasteiger partial charge is 0.459 e. The number of hydrogen-bond donors (Lipinski definition) is 0. The molecule has 64 valence electrons. The number of ether oxygens (including phenoxy) is 2. The minimum Gasteiger partial charge on any atom is -0.459 e. The van der Waals surface area contributed by atoms with Crippen LogP contribution >= 0.6 is 11.6 Å². The maximum Gasteiger partial charge on any atom is 0.324 e. The van der Waals surface area contributed by atoms with E-state index in [0.717, 1.165) is 6.42 Å². The summed E-state index contributed by atoms with van der Waals surface area (Å²) < 4.78 is 9.99. The van der Waals surface area contributed by atoms with Crippen LogP contribution in [0.25, 0.3) is 0 Å². The summed E-state index contributed by atoms with van der Waals surface area (Å²) in [6.07, 6.45) is 0.707. The summed E-state index contributed by atoms with van der Waals surface area (Å²) >= 11 is 5.49. The van der Waals surface area contributed by atoms with Crippen LogP contribution in [-0.2, 0) is 14.3 Å². The van der Waals surface area contributed by atoms with E-state index in [9.17, 15) is 4.79 Å². The first-order valence-corrected chi connectivity index (χ1v) is 4.06. The van der Waals surface area contributed by atoms with Gasteiger partial charge in [0.15, 0.2) is 0 Å². The zero-order valence-electron chi connectivity index (χ0n) is 6.38. The number of carbonyl (C=O) groups is 1. The average Bonchev–Trinajstić information content (AvgIpc) is 2.39. The molecule has 2 atom stereocenters. The lowest BCUT2D eigenvalue weighted by Gasteiger charge is -2.10. The second-order valence-corrected chi connectivity index (χ2v) is 3.19. The normalized spacial score (nSPS) is 26.5. The Hall–Kier alpha value is -0.280. The van der Waals surface area contributed by atoms with Crippen molar-refractivity contribution in [3.05, 3.63) is 0 Å². The molecule has 1 saturated heterocycles. The van der Waals surface area contributed by atoms with E-state index < -0.39 is 5.38 Å². The average molecular weight is 179 g/mol. The SMILES string of the molecule is C[C@H](Cl)C(=O)O[C@H]1CCOC1. The van der Waals surface area contributed by atoms with Crippen LogP contribution in [0.2, 0.25) is 0 Å². The van der Waals surface area contributed by atoms with Crippen molar-refractivity contribution in [2.75, 3.05) is 13.2 Å². The van der Waals surface area contributed by atoms with Gasteiger partial charge in [-0.25, -0.2) is 0 Å². The molecule has 0 amide bonds. The van der Waals surface area contributed by atoms with Crippen molar-refractivity contribution in [2.24, 2.45) is 0 Å².